The third-order valence-corrected chi connectivity index (χ3v) is 3.90. The molecule has 1 heterocycles. The largest absolute Gasteiger partial charge is 0.411 e. The van der Waals surface area contributed by atoms with E-state index in [1.165, 1.54) is 0 Å². The number of hydrogen-bond acceptors (Lipinski definition) is 3. The highest BCUT2D eigenvalue weighted by molar-refractivity contribution is 5.05. The maximum Gasteiger partial charge on any atom is 0.411 e. The van der Waals surface area contributed by atoms with Crippen LogP contribution in [-0.2, 0) is 11.8 Å². The predicted octanol–water partition coefficient (Wildman–Crippen LogP) is 2.96. The maximum absolute atomic E-state index is 12.2. The number of aromatic nitrogens is 2. The highest BCUT2D eigenvalue weighted by Gasteiger charge is 2.31. The zero-order valence-corrected chi connectivity index (χ0v) is 12.4. The summed E-state index contributed by atoms with van der Waals surface area (Å²) in [6, 6.07) is 2.24. The van der Waals surface area contributed by atoms with Gasteiger partial charge in [0.15, 0.2) is 0 Å². The minimum Gasteiger partial charge on any atom is -0.369 e. The summed E-state index contributed by atoms with van der Waals surface area (Å²) in [6.07, 6.45) is 0.363. The molecule has 1 aliphatic carbocycles. The Bertz CT molecular complexity index is 447. The fourth-order valence-corrected chi connectivity index (χ4v) is 2.91. The van der Waals surface area contributed by atoms with Gasteiger partial charge in [0, 0.05) is 25.3 Å². The normalized spacial score (nSPS) is 25.0. The topological polar surface area (TPSA) is 39.1 Å². The van der Waals surface area contributed by atoms with Gasteiger partial charge in [-0.3, -0.25) is 4.68 Å². The second-order valence-electron chi connectivity index (χ2n) is 5.68. The van der Waals surface area contributed by atoms with E-state index < -0.39 is 12.8 Å². The molecule has 4 nitrogen and oxygen atoms in total. The van der Waals surface area contributed by atoms with Gasteiger partial charge in [0.1, 0.15) is 6.61 Å². The van der Waals surface area contributed by atoms with Crippen molar-refractivity contribution >= 4 is 0 Å². The summed E-state index contributed by atoms with van der Waals surface area (Å²) in [5, 5.41) is 7.60. The number of nitrogens with zero attached hydrogens (tertiary/aromatic N) is 2. The molecule has 0 radical (unpaired) electrons. The molecular weight excluding hydrogens is 283 g/mol. The SMILES string of the molecule is CC(NC1CCCC(OCC(F)(F)F)C1)c1ccnn1C. The molecule has 2 rings (SSSR count). The Balaban J connectivity index is 1.82. The number of ether oxygens (including phenoxy) is 1. The van der Waals surface area contributed by atoms with Gasteiger partial charge in [-0.1, -0.05) is 0 Å². The maximum atomic E-state index is 12.2. The number of aryl methyl sites for hydroxylation is 1. The summed E-state index contributed by atoms with van der Waals surface area (Å²) in [5.74, 6) is 0. The number of nitrogens with one attached hydrogen (secondary N) is 1. The van der Waals surface area contributed by atoms with Gasteiger partial charge in [0.2, 0.25) is 0 Å². The van der Waals surface area contributed by atoms with Gasteiger partial charge in [-0.15, -0.1) is 0 Å². The molecule has 7 heteroatoms. The molecule has 1 aliphatic rings. The van der Waals surface area contributed by atoms with Crippen molar-refractivity contribution in [3.8, 4) is 0 Å². The van der Waals surface area contributed by atoms with E-state index in [-0.39, 0.29) is 18.2 Å². The standard InChI is InChI=1S/C14H22F3N3O/c1-10(13-6-7-18-20(13)2)19-11-4-3-5-12(8-11)21-9-14(15,16)17/h6-7,10-12,19H,3-5,8-9H2,1-2H3. The Morgan fingerprint density at radius 1 is 1.48 bits per heavy atom. The Hall–Kier alpha value is -1.08. The number of halogens is 3. The zero-order chi connectivity index (χ0) is 15.5. The smallest absolute Gasteiger partial charge is 0.369 e. The molecular formula is C14H22F3N3O. The van der Waals surface area contributed by atoms with Crippen LogP contribution in [0.4, 0.5) is 13.2 Å². The summed E-state index contributed by atoms with van der Waals surface area (Å²) in [5.41, 5.74) is 1.06. The molecule has 1 saturated carbocycles. The third kappa shape index (κ3) is 5.00. The minimum absolute atomic E-state index is 0.115. The molecule has 21 heavy (non-hydrogen) atoms. The quantitative estimate of drug-likeness (QED) is 0.909. The van der Waals surface area contributed by atoms with Crippen molar-refractivity contribution in [3.63, 3.8) is 0 Å². The van der Waals surface area contributed by atoms with Gasteiger partial charge in [0.05, 0.1) is 11.8 Å². The molecule has 1 fully saturated rings. The lowest BCUT2D eigenvalue weighted by Crippen LogP contribution is -2.39. The van der Waals surface area contributed by atoms with Gasteiger partial charge in [0.25, 0.3) is 0 Å². The van der Waals surface area contributed by atoms with E-state index in [1.54, 1.807) is 10.9 Å². The predicted molar refractivity (Wildman–Crippen MR) is 72.8 cm³/mol. The summed E-state index contributed by atoms with van der Waals surface area (Å²) in [7, 11) is 1.88. The first kappa shape index (κ1) is 16.3. The van der Waals surface area contributed by atoms with Crippen LogP contribution in [0, 0.1) is 0 Å². The van der Waals surface area contributed by atoms with Gasteiger partial charge in [-0.2, -0.15) is 18.3 Å². The van der Waals surface area contributed by atoms with Crippen molar-refractivity contribution in [2.45, 2.75) is 57.0 Å². The fraction of sp³-hybridized carbons (Fsp3) is 0.786. The molecule has 0 saturated heterocycles. The second-order valence-corrected chi connectivity index (χ2v) is 5.68. The van der Waals surface area contributed by atoms with Crippen molar-refractivity contribution in [3.05, 3.63) is 18.0 Å². The van der Waals surface area contributed by atoms with Crippen LogP contribution in [-0.4, -0.2) is 34.7 Å². The highest BCUT2D eigenvalue weighted by Crippen LogP contribution is 2.25. The lowest BCUT2D eigenvalue weighted by molar-refractivity contribution is -0.188. The minimum atomic E-state index is -4.25. The summed E-state index contributed by atoms with van der Waals surface area (Å²) in [4.78, 5) is 0. The zero-order valence-electron chi connectivity index (χ0n) is 12.4. The Morgan fingerprint density at radius 3 is 2.86 bits per heavy atom. The van der Waals surface area contributed by atoms with E-state index >= 15 is 0 Å². The first-order chi connectivity index (χ1) is 9.85. The number of rotatable bonds is 5. The van der Waals surface area contributed by atoms with E-state index in [0.29, 0.717) is 12.8 Å². The van der Waals surface area contributed by atoms with Crippen LogP contribution in [0.1, 0.15) is 44.3 Å². The monoisotopic (exact) mass is 305 g/mol. The van der Waals surface area contributed by atoms with E-state index in [1.807, 2.05) is 20.0 Å². The molecule has 0 aromatic carbocycles. The summed E-state index contributed by atoms with van der Waals surface area (Å²) < 4.78 is 43.4. The summed E-state index contributed by atoms with van der Waals surface area (Å²) >= 11 is 0. The Morgan fingerprint density at radius 2 is 2.24 bits per heavy atom. The van der Waals surface area contributed by atoms with Crippen LogP contribution in [0.15, 0.2) is 12.3 Å². The Labute approximate surface area is 122 Å². The number of alkyl halides is 3. The lowest BCUT2D eigenvalue weighted by Gasteiger charge is -2.32. The van der Waals surface area contributed by atoms with Gasteiger partial charge in [-0.05, 0) is 38.7 Å². The first-order valence-corrected chi connectivity index (χ1v) is 7.27. The van der Waals surface area contributed by atoms with Gasteiger partial charge >= 0.3 is 6.18 Å². The second kappa shape index (κ2) is 6.79. The van der Waals surface area contributed by atoms with Crippen LogP contribution in [0.25, 0.3) is 0 Å². The average molecular weight is 305 g/mol. The Kier molecular flexibility index (Phi) is 5.27. The van der Waals surface area contributed by atoms with Crippen molar-refractivity contribution in [2.75, 3.05) is 6.61 Å². The first-order valence-electron chi connectivity index (χ1n) is 7.27. The molecule has 1 aromatic heterocycles. The average Bonchev–Trinajstić information content (AvgIpc) is 2.82. The molecule has 1 aromatic rings. The van der Waals surface area contributed by atoms with Crippen LogP contribution in [0.3, 0.4) is 0 Å². The van der Waals surface area contributed by atoms with E-state index in [2.05, 4.69) is 10.4 Å². The van der Waals surface area contributed by atoms with Crippen LogP contribution in [0.2, 0.25) is 0 Å². The molecule has 0 amide bonds. The van der Waals surface area contributed by atoms with E-state index in [9.17, 15) is 13.2 Å². The molecule has 0 aliphatic heterocycles. The number of hydrogen-bond donors (Lipinski definition) is 1. The molecule has 3 unspecified atom stereocenters. The van der Waals surface area contributed by atoms with Crippen molar-refractivity contribution in [1.82, 2.24) is 15.1 Å². The van der Waals surface area contributed by atoms with Crippen LogP contribution < -0.4 is 5.32 Å². The van der Waals surface area contributed by atoms with Crippen LogP contribution in [0.5, 0.6) is 0 Å². The van der Waals surface area contributed by atoms with Crippen molar-refractivity contribution in [2.24, 2.45) is 7.05 Å². The van der Waals surface area contributed by atoms with Crippen molar-refractivity contribution in [1.29, 1.82) is 0 Å². The van der Waals surface area contributed by atoms with E-state index in [4.69, 9.17) is 4.74 Å². The molecule has 3 atom stereocenters. The highest BCUT2D eigenvalue weighted by atomic mass is 19.4. The fourth-order valence-electron chi connectivity index (χ4n) is 2.91. The molecule has 1 N–H and O–H groups in total. The van der Waals surface area contributed by atoms with E-state index in [0.717, 1.165) is 18.5 Å². The van der Waals surface area contributed by atoms with Gasteiger partial charge < -0.3 is 10.1 Å². The summed E-state index contributed by atoms with van der Waals surface area (Å²) in [6.45, 7) is 0.888. The molecule has 0 bridgehead atoms. The van der Waals surface area contributed by atoms with Crippen LogP contribution >= 0.6 is 0 Å². The molecule has 120 valence electrons. The molecule has 0 spiro atoms. The third-order valence-electron chi connectivity index (χ3n) is 3.90. The lowest BCUT2D eigenvalue weighted by atomic mass is 9.92. The van der Waals surface area contributed by atoms with Gasteiger partial charge in [-0.25, -0.2) is 0 Å². The van der Waals surface area contributed by atoms with Crippen molar-refractivity contribution < 1.29 is 17.9 Å².